The molecule has 0 aliphatic heterocycles. The Morgan fingerprint density at radius 2 is 1.59 bits per heavy atom. The van der Waals surface area contributed by atoms with Gasteiger partial charge in [-0.2, -0.15) is 0 Å². The predicted octanol–water partition coefficient (Wildman–Crippen LogP) is 8.12. The zero-order valence-corrected chi connectivity index (χ0v) is 29.1. The first-order chi connectivity index (χ1) is 19.3. The van der Waals surface area contributed by atoms with Gasteiger partial charge in [0.2, 0.25) is 10.0 Å². The number of fused-ring (bicyclic) bond motifs is 1. The van der Waals surface area contributed by atoms with E-state index < -0.39 is 24.4 Å². The minimum Gasteiger partial charge on any atom is -0.388 e. The van der Waals surface area contributed by atoms with Crippen LogP contribution in [0, 0.1) is 11.8 Å². The SMILES string of the molecule is CC(C)[Si](C(C)C)(C(C)C)n1ccc2c([C@H](O)C3CCC(CS(=O)(=O)N(C)Cc4ccccc4)CC3)c(Br)cnc21. The summed E-state index contributed by atoms with van der Waals surface area (Å²) < 4.78 is 31.1. The highest BCUT2D eigenvalue weighted by Gasteiger charge is 2.46. The molecule has 4 rings (SSSR count). The highest BCUT2D eigenvalue weighted by atomic mass is 79.9. The number of aliphatic hydroxyl groups is 1. The van der Waals surface area contributed by atoms with E-state index in [1.165, 1.54) is 4.31 Å². The van der Waals surface area contributed by atoms with Gasteiger partial charge in [0.15, 0.2) is 8.24 Å². The highest BCUT2D eigenvalue weighted by molar-refractivity contribution is 9.10. The number of pyridine rings is 1. The summed E-state index contributed by atoms with van der Waals surface area (Å²) in [6.45, 7) is 14.5. The fourth-order valence-corrected chi connectivity index (χ4v) is 16.4. The number of aliphatic hydroxyl groups excluding tert-OH is 1. The number of halogens is 1. The van der Waals surface area contributed by atoms with Crippen LogP contribution in [-0.4, -0.2) is 48.1 Å². The van der Waals surface area contributed by atoms with E-state index in [0.717, 1.165) is 52.3 Å². The Morgan fingerprint density at radius 1 is 1.00 bits per heavy atom. The summed E-state index contributed by atoms with van der Waals surface area (Å²) in [5.41, 5.74) is 4.50. The molecule has 0 spiro atoms. The van der Waals surface area contributed by atoms with Crippen molar-refractivity contribution in [2.45, 2.75) is 96.5 Å². The molecule has 1 fully saturated rings. The molecule has 2 aromatic heterocycles. The van der Waals surface area contributed by atoms with Crippen molar-refractivity contribution in [2.75, 3.05) is 12.8 Å². The van der Waals surface area contributed by atoms with Gasteiger partial charge in [-0.15, -0.1) is 0 Å². The Labute approximate surface area is 256 Å². The van der Waals surface area contributed by atoms with Crippen LogP contribution in [0.1, 0.15) is 84.5 Å². The second-order valence-corrected chi connectivity index (χ2v) is 21.7. The molecule has 1 aliphatic rings. The Balaban J connectivity index is 1.51. The van der Waals surface area contributed by atoms with E-state index in [-0.39, 0.29) is 17.6 Å². The predicted molar refractivity (Wildman–Crippen MR) is 176 cm³/mol. The molecule has 1 aliphatic carbocycles. The Morgan fingerprint density at radius 3 is 2.15 bits per heavy atom. The monoisotopic (exact) mass is 661 g/mol. The van der Waals surface area contributed by atoms with Gasteiger partial charge in [-0.3, -0.25) is 0 Å². The molecule has 9 heteroatoms. The molecule has 6 nitrogen and oxygen atoms in total. The summed E-state index contributed by atoms with van der Waals surface area (Å²) in [5.74, 6) is 0.360. The summed E-state index contributed by atoms with van der Waals surface area (Å²) in [6, 6.07) is 11.9. The number of sulfonamides is 1. The molecule has 2 heterocycles. The smallest absolute Gasteiger partial charge is 0.214 e. The second-order valence-electron chi connectivity index (χ2n) is 13.0. The van der Waals surface area contributed by atoms with Gasteiger partial charge >= 0.3 is 0 Å². The standard InChI is InChI=1S/C32H48BrN3O3SSi/c1-22(2)41(23(3)4,24(5)6)36-18-17-28-30(29(33)19-34-32(28)36)31(37)27-15-13-26(14-16-27)21-40(38,39)35(7)20-25-11-9-8-10-12-25/h8-12,17-19,22-24,26-27,31,37H,13-16,20-21H2,1-7H3/t26?,27?,31-/m1/s1. The van der Waals surface area contributed by atoms with Crippen LogP contribution < -0.4 is 0 Å². The van der Waals surface area contributed by atoms with E-state index in [2.05, 4.69) is 74.0 Å². The summed E-state index contributed by atoms with van der Waals surface area (Å²) >= 11 is 3.72. The molecule has 1 saturated carbocycles. The maximum Gasteiger partial charge on any atom is 0.214 e. The van der Waals surface area contributed by atoms with Gasteiger partial charge in [0.1, 0.15) is 5.65 Å². The Kier molecular flexibility index (Phi) is 10.3. The van der Waals surface area contributed by atoms with Crippen molar-refractivity contribution in [3.05, 3.63) is 64.4 Å². The van der Waals surface area contributed by atoms with E-state index in [9.17, 15) is 13.5 Å². The number of rotatable bonds is 11. The minimum absolute atomic E-state index is 0.0866. The first kappa shape index (κ1) is 32.4. The minimum atomic E-state index is -3.36. The lowest BCUT2D eigenvalue weighted by atomic mass is 9.78. The van der Waals surface area contributed by atoms with E-state index >= 15 is 0 Å². The van der Waals surface area contributed by atoms with Gasteiger partial charge in [0.25, 0.3) is 0 Å². The average molecular weight is 663 g/mol. The quantitative estimate of drug-likeness (QED) is 0.211. The molecule has 0 saturated heterocycles. The fourth-order valence-electron chi connectivity index (χ4n) is 7.80. The molecule has 41 heavy (non-hydrogen) atoms. The summed E-state index contributed by atoms with van der Waals surface area (Å²) in [4.78, 5) is 4.91. The van der Waals surface area contributed by atoms with E-state index in [1.54, 1.807) is 7.05 Å². The van der Waals surface area contributed by atoms with Gasteiger partial charge in [-0.1, -0.05) is 71.9 Å². The maximum atomic E-state index is 13.1. The number of hydrogen-bond donors (Lipinski definition) is 1. The Hall–Kier alpha value is -1.52. The maximum absolute atomic E-state index is 13.1. The van der Waals surface area contributed by atoms with Crippen LogP contribution in [0.5, 0.6) is 0 Å². The van der Waals surface area contributed by atoms with Gasteiger partial charge in [0, 0.05) is 35.2 Å². The average Bonchev–Trinajstić information content (AvgIpc) is 3.32. The van der Waals surface area contributed by atoms with Crippen LogP contribution in [0.15, 0.2) is 53.3 Å². The molecule has 1 aromatic carbocycles. The lowest BCUT2D eigenvalue weighted by Crippen LogP contribution is -2.51. The largest absolute Gasteiger partial charge is 0.388 e. The normalized spacial score (nSPS) is 19.6. The van der Waals surface area contributed by atoms with Gasteiger partial charge in [-0.05, 0) is 87.9 Å². The van der Waals surface area contributed by atoms with Gasteiger partial charge < -0.3 is 9.34 Å². The lowest BCUT2D eigenvalue weighted by Gasteiger charge is -2.44. The van der Waals surface area contributed by atoms with Crippen molar-refractivity contribution in [1.29, 1.82) is 0 Å². The Bertz CT molecular complexity index is 1390. The first-order valence-electron chi connectivity index (χ1n) is 15.1. The van der Waals surface area contributed by atoms with Gasteiger partial charge in [0.05, 0.1) is 11.9 Å². The van der Waals surface area contributed by atoms with Crippen molar-refractivity contribution in [1.82, 2.24) is 13.5 Å². The van der Waals surface area contributed by atoms with Crippen molar-refractivity contribution in [2.24, 2.45) is 11.8 Å². The highest BCUT2D eigenvalue weighted by Crippen LogP contribution is 2.46. The lowest BCUT2D eigenvalue weighted by molar-refractivity contribution is 0.0763. The first-order valence-corrected chi connectivity index (χ1v) is 19.7. The van der Waals surface area contributed by atoms with Crippen LogP contribution in [-0.2, 0) is 16.6 Å². The van der Waals surface area contributed by atoms with Crippen LogP contribution in [0.3, 0.4) is 0 Å². The van der Waals surface area contributed by atoms with Crippen molar-refractivity contribution >= 4 is 45.2 Å². The molecule has 0 unspecified atom stereocenters. The summed E-state index contributed by atoms with van der Waals surface area (Å²) in [6.07, 6.45) is 6.68. The van der Waals surface area contributed by atoms with E-state index in [0.29, 0.717) is 23.2 Å². The molecule has 0 amide bonds. The summed E-state index contributed by atoms with van der Waals surface area (Å²) in [7, 11) is -3.69. The van der Waals surface area contributed by atoms with Crippen LogP contribution in [0.2, 0.25) is 16.6 Å². The molecular weight excluding hydrogens is 614 g/mol. The molecule has 0 bridgehead atoms. The zero-order chi connectivity index (χ0) is 30.1. The van der Waals surface area contributed by atoms with Crippen LogP contribution >= 0.6 is 15.9 Å². The van der Waals surface area contributed by atoms with Crippen molar-refractivity contribution in [3.8, 4) is 0 Å². The molecule has 226 valence electrons. The number of nitrogens with zero attached hydrogens (tertiary/aromatic N) is 3. The third-order valence-electron chi connectivity index (χ3n) is 9.70. The molecule has 0 radical (unpaired) electrons. The molecule has 1 atom stereocenters. The fraction of sp³-hybridized carbons (Fsp3) is 0.594. The summed E-state index contributed by atoms with van der Waals surface area (Å²) in [5, 5.41) is 12.8. The van der Waals surface area contributed by atoms with Crippen LogP contribution in [0.25, 0.3) is 11.0 Å². The van der Waals surface area contributed by atoms with Gasteiger partial charge in [-0.25, -0.2) is 17.7 Å². The molecule has 1 N–H and O–H groups in total. The van der Waals surface area contributed by atoms with E-state index in [4.69, 9.17) is 4.98 Å². The number of hydrogen-bond acceptors (Lipinski definition) is 4. The third-order valence-corrected chi connectivity index (χ3v) is 19.0. The van der Waals surface area contributed by atoms with Crippen molar-refractivity contribution in [3.63, 3.8) is 0 Å². The third kappa shape index (κ3) is 6.39. The number of benzene rings is 1. The number of aromatic nitrogens is 2. The zero-order valence-electron chi connectivity index (χ0n) is 25.7. The van der Waals surface area contributed by atoms with Crippen LogP contribution in [0.4, 0.5) is 0 Å². The topological polar surface area (TPSA) is 75.4 Å². The second kappa shape index (κ2) is 13.0. The van der Waals surface area contributed by atoms with Crippen molar-refractivity contribution < 1.29 is 13.5 Å². The van der Waals surface area contributed by atoms with E-state index in [1.807, 2.05) is 36.5 Å². The molecule has 3 aromatic rings. The molecular formula is C32H48BrN3O3SSi.